The van der Waals surface area contributed by atoms with Crippen LogP contribution < -0.4 is 20.7 Å². The molecule has 1 aliphatic rings. The van der Waals surface area contributed by atoms with Crippen molar-refractivity contribution in [2.45, 2.75) is 38.2 Å². The van der Waals surface area contributed by atoms with Gasteiger partial charge in [-0.1, -0.05) is 6.07 Å². The summed E-state index contributed by atoms with van der Waals surface area (Å²) in [7, 11) is 0. The van der Waals surface area contributed by atoms with Crippen molar-refractivity contribution in [3.05, 3.63) is 24.3 Å². The predicted octanol–water partition coefficient (Wildman–Crippen LogP) is 2.86. The van der Waals surface area contributed by atoms with Crippen molar-refractivity contribution in [2.24, 2.45) is 5.73 Å². The minimum absolute atomic E-state index is 0. The fourth-order valence-corrected chi connectivity index (χ4v) is 2.57. The van der Waals surface area contributed by atoms with Gasteiger partial charge in [-0.25, -0.2) is 0 Å². The summed E-state index contributed by atoms with van der Waals surface area (Å²) in [6.07, 6.45) is -3.72. The number of carbonyl (C=O) groups is 1. The summed E-state index contributed by atoms with van der Waals surface area (Å²) in [5.74, 6) is -0.361. The van der Waals surface area contributed by atoms with Crippen LogP contribution in [0.25, 0.3) is 0 Å². The van der Waals surface area contributed by atoms with Gasteiger partial charge < -0.3 is 20.7 Å². The Kier molecular flexibility index (Phi) is 9.39. The fourth-order valence-electron chi connectivity index (χ4n) is 2.57. The Morgan fingerprint density at radius 1 is 1.44 bits per heavy atom. The lowest BCUT2D eigenvalue weighted by Crippen LogP contribution is -2.39. The SMILES string of the molecule is CC(N)CC(=O)NC1CCN(c2cccc(OC(F)(F)F)c2)C1.Cl.Cl. The smallest absolute Gasteiger partial charge is 0.406 e. The van der Waals surface area contributed by atoms with Crippen molar-refractivity contribution in [3.8, 4) is 5.75 Å². The molecule has 0 saturated carbocycles. The van der Waals surface area contributed by atoms with Crippen LogP contribution in [0.3, 0.4) is 0 Å². The number of nitrogens with one attached hydrogen (secondary N) is 1. The van der Waals surface area contributed by atoms with E-state index >= 15 is 0 Å². The van der Waals surface area contributed by atoms with E-state index in [1.807, 2.05) is 4.90 Å². The lowest BCUT2D eigenvalue weighted by molar-refractivity contribution is -0.274. The zero-order valence-corrected chi connectivity index (χ0v) is 15.2. The normalized spacial score (nSPS) is 18.0. The van der Waals surface area contributed by atoms with Crippen LogP contribution in [0, 0.1) is 0 Å². The molecule has 10 heteroatoms. The van der Waals surface area contributed by atoms with Gasteiger partial charge in [0.05, 0.1) is 0 Å². The number of nitrogens with two attached hydrogens (primary N) is 1. The second-order valence-corrected chi connectivity index (χ2v) is 5.73. The molecule has 0 bridgehead atoms. The van der Waals surface area contributed by atoms with Crippen molar-refractivity contribution in [2.75, 3.05) is 18.0 Å². The molecule has 2 rings (SSSR count). The Morgan fingerprint density at radius 3 is 2.72 bits per heavy atom. The molecule has 0 radical (unpaired) electrons. The molecule has 5 nitrogen and oxygen atoms in total. The van der Waals surface area contributed by atoms with E-state index in [4.69, 9.17) is 5.73 Å². The Hall–Kier alpha value is -1.38. The van der Waals surface area contributed by atoms with Crippen LogP contribution in [0.15, 0.2) is 24.3 Å². The van der Waals surface area contributed by atoms with E-state index in [1.165, 1.54) is 18.2 Å². The van der Waals surface area contributed by atoms with Crippen LogP contribution in [0.4, 0.5) is 18.9 Å². The van der Waals surface area contributed by atoms with Crippen LogP contribution in [0.1, 0.15) is 19.8 Å². The van der Waals surface area contributed by atoms with Crippen molar-refractivity contribution in [1.29, 1.82) is 0 Å². The summed E-state index contributed by atoms with van der Waals surface area (Å²) >= 11 is 0. The average molecular weight is 404 g/mol. The first kappa shape index (κ1) is 23.6. The van der Waals surface area contributed by atoms with Gasteiger partial charge in [-0.05, 0) is 25.5 Å². The third kappa shape index (κ3) is 8.02. The van der Waals surface area contributed by atoms with Crippen LogP contribution in [-0.4, -0.2) is 37.4 Å². The van der Waals surface area contributed by atoms with Crippen molar-refractivity contribution in [3.63, 3.8) is 0 Å². The quantitative estimate of drug-likeness (QED) is 0.792. The number of alkyl halides is 3. The molecule has 0 aromatic heterocycles. The summed E-state index contributed by atoms with van der Waals surface area (Å²) < 4.78 is 40.7. The maximum absolute atomic E-state index is 12.3. The van der Waals surface area contributed by atoms with E-state index in [0.717, 1.165) is 6.42 Å². The molecule has 1 amide bonds. The van der Waals surface area contributed by atoms with Gasteiger partial charge in [0.1, 0.15) is 5.75 Å². The van der Waals surface area contributed by atoms with Gasteiger partial charge in [0.25, 0.3) is 0 Å². The number of amides is 1. The van der Waals surface area contributed by atoms with Crippen LogP contribution in [-0.2, 0) is 4.79 Å². The van der Waals surface area contributed by atoms with E-state index in [0.29, 0.717) is 18.8 Å². The Balaban J connectivity index is 0.00000288. The Bertz CT molecular complexity index is 559. The molecule has 0 aliphatic carbocycles. The molecular formula is C15H22Cl2F3N3O2. The minimum Gasteiger partial charge on any atom is -0.406 e. The molecule has 144 valence electrons. The highest BCUT2D eigenvalue weighted by Gasteiger charge is 2.31. The van der Waals surface area contributed by atoms with Gasteiger partial charge >= 0.3 is 6.36 Å². The zero-order valence-electron chi connectivity index (χ0n) is 13.6. The predicted molar refractivity (Wildman–Crippen MR) is 94.6 cm³/mol. The molecule has 25 heavy (non-hydrogen) atoms. The molecule has 1 saturated heterocycles. The zero-order chi connectivity index (χ0) is 17.0. The first-order valence-electron chi connectivity index (χ1n) is 7.38. The van der Waals surface area contributed by atoms with Gasteiger partial charge in [-0.3, -0.25) is 4.79 Å². The molecule has 1 aromatic rings. The summed E-state index contributed by atoms with van der Waals surface area (Å²) in [4.78, 5) is 13.6. The van der Waals surface area contributed by atoms with Crippen LogP contribution in [0.5, 0.6) is 5.75 Å². The first-order chi connectivity index (χ1) is 10.7. The number of carbonyl (C=O) groups excluding carboxylic acids is 1. The van der Waals surface area contributed by atoms with E-state index in [2.05, 4.69) is 10.1 Å². The third-order valence-corrected chi connectivity index (χ3v) is 3.48. The van der Waals surface area contributed by atoms with Gasteiger partial charge in [-0.15, -0.1) is 38.0 Å². The molecule has 0 spiro atoms. The molecule has 1 aromatic carbocycles. The monoisotopic (exact) mass is 403 g/mol. The number of anilines is 1. The van der Waals surface area contributed by atoms with Crippen LogP contribution in [0.2, 0.25) is 0 Å². The summed E-state index contributed by atoms with van der Waals surface area (Å²) in [6, 6.07) is 5.60. The Morgan fingerprint density at radius 2 is 2.12 bits per heavy atom. The number of hydrogen-bond acceptors (Lipinski definition) is 4. The minimum atomic E-state index is -4.71. The van der Waals surface area contributed by atoms with Crippen molar-refractivity contribution >= 4 is 36.4 Å². The maximum atomic E-state index is 12.3. The standard InChI is InChI=1S/C15H20F3N3O2.2ClH/c1-10(19)7-14(22)20-11-5-6-21(9-11)12-3-2-4-13(8-12)23-15(16,17)18;;/h2-4,8,10-11H,5-7,9,19H2,1H3,(H,20,22);2*1H. The van der Waals surface area contributed by atoms with Crippen molar-refractivity contribution in [1.82, 2.24) is 5.32 Å². The molecule has 1 fully saturated rings. The second-order valence-electron chi connectivity index (χ2n) is 5.73. The van der Waals surface area contributed by atoms with Crippen molar-refractivity contribution < 1.29 is 22.7 Å². The maximum Gasteiger partial charge on any atom is 0.573 e. The number of nitrogens with zero attached hydrogens (tertiary/aromatic N) is 1. The topological polar surface area (TPSA) is 67.6 Å². The van der Waals surface area contributed by atoms with Crippen LogP contribution >= 0.6 is 24.8 Å². The number of hydrogen-bond donors (Lipinski definition) is 2. The number of rotatable bonds is 5. The van der Waals surface area contributed by atoms with E-state index < -0.39 is 6.36 Å². The highest BCUT2D eigenvalue weighted by molar-refractivity contribution is 5.85. The molecule has 3 N–H and O–H groups in total. The highest BCUT2D eigenvalue weighted by Crippen LogP contribution is 2.28. The van der Waals surface area contributed by atoms with E-state index in [9.17, 15) is 18.0 Å². The summed E-state index contributed by atoms with van der Waals surface area (Å²) in [6.45, 7) is 2.95. The Labute approximate surface area is 156 Å². The lowest BCUT2D eigenvalue weighted by Gasteiger charge is -2.20. The largest absolute Gasteiger partial charge is 0.573 e. The highest BCUT2D eigenvalue weighted by atomic mass is 35.5. The second kappa shape index (κ2) is 9.94. The number of ether oxygens (including phenoxy) is 1. The molecule has 2 atom stereocenters. The molecule has 1 aliphatic heterocycles. The fraction of sp³-hybridized carbons (Fsp3) is 0.533. The van der Waals surface area contributed by atoms with Gasteiger partial charge in [0.2, 0.25) is 5.91 Å². The summed E-state index contributed by atoms with van der Waals surface area (Å²) in [5.41, 5.74) is 6.21. The van der Waals surface area contributed by atoms with E-state index in [1.54, 1.807) is 13.0 Å². The first-order valence-corrected chi connectivity index (χ1v) is 7.38. The molecule has 2 unspecified atom stereocenters. The van der Waals surface area contributed by atoms with E-state index in [-0.39, 0.29) is 55.0 Å². The number of halogens is 5. The van der Waals surface area contributed by atoms with Gasteiger partial charge in [0, 0.05) is 43.3 Å². The van der Waals surface area contributed by atoms with Gasteiger partial charge in [-0.2, -0.15) is 0 Å². The van der Waals surface area contributed by atoms with Gasteiger partial charge in [0.15, 0.2) is 0 Å². The molecular weight excluding hydrogens is 382 g/mol. The number of benzene rings is 1. The third-order valence-electron chi connectivity index (χ3n) is 3.48. The molecule has 1 heterocycles. The summed E-state index contributed by atoms with van der Waals surface area (Å²) in [5, 5.41) is 2.89. The lowest BCUT2D eigenvalue weighted by atomic mass is 10.2. The average Bonchev–Trinajstić information content (AvgIpc) is 2.84.